The highest BCUT2D eigenvalue weighted by molar-refractivity contribution is 5.22. The van der Waals surface area contributed by atoms with Gasteiger partial charge in [0.15, 0.2) is 0 Å². The minimum absolute atomic E-state index is 0.236. The normalized spacial score (nSPS) is 15.0. The summed E-state index contributed by atoms with van der Waals surface area (Å²) in [6.45, 7) is 4.67. The molecule has 2 nitrogen and oxygen atoms in total. The molecular weight excluding hydrogens is 222 g/mol. The summed E-state index contributed by atoms with van der Waals surface area (Å²) in [4.78, 5) is 2.05. The summed E-state index contributed by atoms with van der Waals surface area (Å²) < 4.78 is 26.5. The molecule has 0 saturated heterocycles. The Bertz CT molecular complexity index is 368. The van der Waals surface area contributed by atoms with Gasteiger partial charge in [0.25, 0.3) is 0 Å². The molecule has 17 heavy (non-hydrogen) atoms. The summed E-state index contributed by atoms with van der Waals surface area (Å²) >= 11 is 0. The SMILES string of the molecule is CCC(C)N(C)CC(N)c1cc(F)ccc1F. The van der Waals surface area contributed by atoms with Crippen molar-refractivity contribution in [1.29, 1.82) is 0 Å². The summed E-state index contributed by atoms with van der Waals surface area (Å²) in [5.74, 6) is -0.903. The van der Waals surface area contributed by atoms with Crippen LogP contribution in [0.15, 0.2) is 18.2 Å². The summed E-state index contributed by atoms with van der Waals surface area (Å²) in [5, 5.41) is 0. The largest absolute Gasteiger partial charge is 0.323 e. The van der Waals surface area contributed by atoms with Gasteiger partial charge in [-0.05, 0) is 38.6 Å². The van der Waals surface area contributed by atoms with Crippen molar-refractivity contribution in [3.63, 3.8) is 0 Å². The van der Waals surface area contributed by atoms with Crippen molar-refractivity contribution in [2.75, 3.05) is 13.6 Å². The minimum Gasteiger partial charge on any atom is -0.323 e. The van der Waals surface area contributed by atoms with E-state index in [1.165, 1.54) is 6.07 Å². The van der Waals surface area contributed by atoms with E-state index in [2.05, 4.69) is 18.7 Å². The lowest BCUT2D eigenvalue weighted by molar-refractivity contribution is 0.236. The molecule has 1 aromatic rings. The second-order valence-electron chi connectivity index (χ2n) is 4.47. The van der Waals surface area contributed by atoms with E-state index in [-0.39, 0.29) is 5.56 Å². The molecule has 0 radical (unpaired) electrons. The third kappa shape index (κ3) is 3.75. The maximum absolute atomic E-state index is 13.5. The fourth-order valence-corrected chi connectivity index (χ4v) is 1.70. The van der Waals surface area contributed by atoms with Gasteiger partial charge in [0.2, 0.25) is 0 Å². The van der Waals surface area contributed by atoms with Crippen LogP contribution in [0, 0.1) is 11.6 Å². The van der Waals surface area contributed by atoms with Gasteiger partial charge in [0.1, 0.15) is 11.6 Å². The molecule has 0 fully saturated rings. The zero-order chi connectivity index (χ0) is 13.0. The van der Waals surface area contributed by atoms with Crippen molar-refractivity contribution in [3.8, 4) is 0 Å². The molecular formula is C13H20F2N2. The Morgan fingerprint density at radius 2 is 2.00 bits per heavy atom. The van der Waals surface area contributed by atoms with E-state index in [1.54, 1.807) is 0 Å². The van der Waals surface area contributed by atoms with Crippen LogP contribution in [-0.4, -0.2) is 24.5 Å². The molecule has 1 aromatic carbocycles. The molecule has 0 bridgehead atoms. The first-order valence-corrected chi connectivity index (χ1v) is 5.86. The molecule has 0 amide bonds. The number of hydrogen-bond acceptors (Lipinski definition) is 2. The highest BCUT2D eigenvalue weighted by Gasteiger charge is 2.16. The topological polar surface area (TPSA) is 29.3 Å². The highest BCUT2D eigenvalue weighted by atomic mass is 19.1. The second kappa shape index (κ2) is 6.07. The second-order valence-corrected chi connectivity index (χ2v) is 4.47. The van der Waals surface area contributed by atoms with Gasteiger partial charge in [-0.15, -0.1) is 0 Å². The Morgan fingerprint density at radius 3 is 2.59 bits per heavy atom. The monoisotopic (exact) mass is 242 g/mol. The van der Waals surface area contributed by atoms with E-state index in [9.17, 15) is 8.78 Å². The van der Waals surface area contributed by atoms with Crippen molar-refractivity contribution in [2.45, 2.75) is 32.4 Å². The van der Waals surface area contributed by atoms with Crippen LogP contribution in [0.1, 0.15) is 31.9 Å². The molecule has 0 aliphatic rings. The van der Waals surface area contributed by atoms with Gasteiger partial charge in [0.05, 0.1) is 0 Å². The molecule has 1 rings (SSSR count). The number of nitrogens with two attached hydrogens (primary N) is 1. The Balaban J connectivity index is 2.75. The van der Waals surface area contributed by atoms with Crippen molar-refractivity contribution < 1.29 is 8.78 Å². The predicted octanol–water partition coefficient (Wildman–Crippen LogP) is 2.69. The summed E-state index contributed by atoms with van der Waals surface area (Å²) in [5.41, 5.74) is 6.15. The first-order chi connectivity index (χ1) is 7.95. The smallest absolute Gasteiger partial charge is 0.128 e. The Labute approximate surface area is 101 Å². The molecule has 0 aliphatic heterocycles. The van der Waals surface area contributed by atoms with Crippen molar-refractivity contribution in [1.82, 2.24) is 4.90 Å². The Morgan fingerprint density at radius 1 is 1.35 bits per heavy atom. The fourth-order valence-electron chi connectivity index (χ4n) is 1.70. The van der Waals surface area contributed by atoms with E-state index in [0.29, 0.717) is 12.6 Å². The first-order valence-electron chi connectivity index (χ1n) is 5.86. The summed E-state index contributed by atoms with van der Waals surface area (Å²) in [7, 11) is 1.94. The van der Waals surface area contributed by atoms with Gasteiger partial charge in [-0.1, -0.05) is 6.92 Å². The van der Waals surface area contributed by atoms with Gasteiger partial charge >= 0.3 is 0 Å². The molecule has 0 saturated carbocycles. The fraction of sp³-hybridized carbons (Fsp3) is 0.538. The number of likely N-dealkylation sites (N-methyl/N-ethyl adjacent to an activating group) is 1. The van der Waals surface area contributed by atoms with E-state index in [1.807, 2.05) is 7.05 Å². The lowest BCUT2D eigenvalue weighted by Crippen LogP contribution is -2.35. The van der Waals surface area contributed by atoms with Gasteiger partial charge in [-0.3, -0.25) is 0 Å². The lowest BCUT2D eigenvalue weighted by atomic mass is 10.1. The Hall–Kier alpha value is -1.00. The molecule has 0 heterocycles. The average molecular weight is 242 g/mol. The van der Waals surface area contributed by atoms with E-state index >= 15 is 0 Å². The van der Waals surface area contributed by atoms with Gasteiger partial charge in [-0.25, -0.2) is 8.78 Å². The van der Waals surface area contributed by atoms with E-state index in [4.69, 9.17) is 5.73 Å². The van der Waals surface area contributed by atoms with Crippen LogP contribution in [0.5, 0.6) is 0 Å². The third-order valence-corrected chi connectivity index (χ3v) is 3.19. The van der Waals surface area contributed by atoms with Crippen molar-refractivity contribution in [3.05, 3.63) is 35.4 Å². The van der Waals surface area contributed by atoms with Crippen LogP contribution in [0.4, 0.5) is 8.78 Å². The Kier molecular flexibility index (Phi) is 5.02. The minimum atomic E-state index is -0.510. The van der Waals surface area contributed by atoms with Crippen LogP contribution in [-0.2, 0) is 0 Å². The molecule has 0 aliphatic carbocycles. The molecule has 0 spiro atoms. The number of hydrogen-bond donors (Lipinski definition) is 1. The lowest BCUT2D eigenvalue weighted by Gasteiger charge is -2.26. The summed E-state index contributed by atoms with van der Waals surface area (Å²) in [6.07, 6.45) is 0.995. The molecule has 2 unspecified atom stereocenters. The van der Waals surface area contributed by atoms with Gasteiger partial charge in [-0.2, -0.15) is 0 Å². The predicted molar refractivity (Wildman–Crippen MR) is 65.7 cm³/mol. The maximum Gasteiger partial charge on any atom is 0.128 e. The summed E-state index contributed by atoms with van der Waals surface area (Å²) in [6, 6.07) is 3.25. The number of rotatable bonds is 5. The standard InChI is InChI=1S/C13H20F2N2/c1-4-9(2)17(3)8-13(16)11-7-10(14)5-6-12(11)15/h5-7,9,13H,4,8,16H2,1-3H3. The number of benzene rings is 1. The van der Waals surface area contributed by atoms with Crippen LogP contribution >= 0.6 is 0 Å². The zero-order valence-corrected chi connectivity index (χ0v) is 10.6. The van der Waals surface area contributed by atoms with Crippen molar-refractivity contribution in [2.24, 2.45) is 5.73 Å². The highest BCUT2D eigenvalue weighted by Crippen LogP contribution is 2.18. The quantitative estimate of drug-likeness (QED) is 0.860. The molecule has 4 heteroatoms. The van der Waals surface area contributed by atoms with Crippen LogP contribution < -0.4 is 5.73 Å². The number of nitrogens with zero attached hydrogens (tertiary/aromatic N) is 1. The number of halogens is 2. The third-order valence-electron chi connectivity index (χ3n) is 3.19. The van der Waals surface area contributed by atoms with Gasteiger partial charge in [0, 0.05) is 24.2 Å². The molecule has 2 N–H and O–H groups in total. The van der Waals surface area contributed by atoms with Crippen LogP contribution in [0.3, 0.4) is 0 Å². The van der Waals surface area contributed by atoms with E-state index < -0.39 is 17.7 Å². The molecule has 0 aromatic heterocycles. The molecule has 96 valence electrons. The van der Waals surface area contributed by atoms with Crippen LogP contribution in [0.25, 0.3) is 0 Å². The maximum atomic E-state index is 13.5. The van der Waals surface area contributed by atoms with Gasteiger partial charge < -0.3 is 10.6 Å². The first kappa shape index (κ1) is 14.1. The average Bonchev–Trinajstić information content (AvgIpc) is 2.30. The molecule has 2 atom stereocenters. The zero-order valence-electron chi connectivity index (χ0n) is 10.6. The van der Waals surface area contributed by atoms with E-state index in [0.717, 1.165) is 18.6 Å². The van der Waals surface area contributed by atoms with Crippen LogP contribution in [0.2, 0.25) is 0 Å². The van der Waals surface area contributed by atoms with Crippen molar-refractivity contribution >= 4 is 0 Å².